The predicted molar refractivity (Wildman–Crippen MR) is 92.7 cm³/mol. The van der Waals surface area contributed by atoms with Gasteiger partial charge in [0.2, 0.25) is 0 Å². The quantitative estimate of drug-likeness (QED) is 0.492. The van der Waals surface area contributed by atoms with Crippen LogP contribution in [0.25, 0.3) is 0 Å². The molecule has 0 saturated carbocycles. The average Bonchev–Trinajstić information content (AvgIpc) is 2.59. The van der Waals surface area contributed by atoms with Crippen LogP contribution >= 0.6 is 0 Å². The van der Waals surface area contributed by atoms with Crippen molar-refractivity contribution in [3.8, 4) is 11.5 Å². The van der Waals surface area contributed by atoms with Crippen LogP contribution in [0.15, 0.2) is 43.5 Å². The van der Waals surface area contributed by atoms with Crippen molar-refractivity contribution in [2.24, 2.45) is 0 Å². The lowest BCUT2D eigenvalue weighted by atomic mass is 10.2. The molecule has 1 rings (SSSR count). The van der Waals surface area contributed by atoms with Crippen molar-refractivity contribution in [3.05, 3.63) is 49.1 Å². The van der Waals surface area contributed by atoms with Gasteiger partial charge in [0.1, 0.15) is 12.7 Å². The Morgan fingerprint density at radius 2 is 1.92 bits per heavy atom. The molecule has 0 bridgehead atoms. The topological polar surface area (TPSA) is 68.2 Å². The fraction of sp³-hybridized carbons (Fsp3) is 0.389. The number of methoxy groups -OCH3 is 2. The summed E-state index contributed by atoms with van der Waals surface area (Å²) in [5.74, 6) is 0.395. The van der Waals surface area contributed by atoms with Gasteiger partial charge in [-0.2, -0.15) is 0 Å². The van der Waals surface area contributed by atoms with E-state index < -0.39 is 12.1 Å². The van der Waals surface area contributed by atoms with Gasteiger partial charge in [0.25, 0.3) is 0 Å². The highest BCUT2D eigenvalue weighted by atomic mass is 16.5. The smallest absolute Gasteiger partial charge is 0.337 e. The molecular weight excluding hydrogens is 310 g/mol. The first-order valence-electron chi connectivity index (χ1n) is 7.57. The van der Waals surface area contributed by atoms with Crippen molar-refractivity contribution in [3.63, 3.8) is 0 Å². The Labute approximate surface area is 142 Å². The zero-order chi connectivity index (χ0) is 17.9. The number of ether oxygens (including phenoxy) is 3. The molecule has 6 nitrogen and oxygen atoms in total. The highest BCUT2D eigenvalue weighted by molar-refractivity contribution is 5.90. The number of esters is 1. The van der Waals surface area contributed by atoms with Gasteiger partial charge in [-0.05, 0) is 18.2 Å². The van der Waals surface area contributed by atoms with Crippen LogP contribution in [0.1, 0.15) is 10.4 Å². The Morgan fingerprint density at radius 3 is 2.46 bits per heavy atom. The Morgan fingerprint density at radius 1 is 1.25 bits per heavy atom. The fourth-order valence-electron chi connectivity index (χ4n) is 2.16. The number of carbonyl (C=O) groups excluding carboxylic acids is 1. The van der Waals surface area contributed by atoms with E-state index in [0.717, 1.165) is 0 Å². The van der Waals surface area contributed by atoms with Crippen LogP contribution < -0.4 is 9.47 Å². The second kappa shape index (κ2) is 10.5. The fourth-order valence-corrected chi connectivity index (χ4v) is 2.16. The van der Waals surface area contributed by atoms with E-state index in [9.17, 15) is 9.90 Å². The number of aliphatic hydroxyl groups is 1. The predicted octanol–water partition coefficient (Wildman–Crippen LogP) is 1.90. The summed E-state index contributed by atoms with van der Waals surface area (Å²) >= 11 is 0. The zero-order valence-electron chi connectivity index (χ0n) is 14.2. The Hall–Kier alpha value is -2.31. The third kappa shape index (κ3) is 6.06. The number of hydrogen-bond acceptors (Lipinski definition) is 6. The first-order chi connectivity index (χ1) is 11.5. The van der Waals surface area contributed by atoms with Crippen LogP contribution in [0.2, 0.25) is 0 Å². The molecular formula is C18H25NO5. The summed E-state index contributed by atoms with van der Waals surface area (Å²) in [6.45, 7) is 9.22. The van der Waals surface area contributed by atoms with Crippen molar-refractivity contribution in [1.82, 2.24) is 4.90 Å². The standard InChI is InChI=1S/C18H25NO5/c1-5-9-19(10-6-2)12-15(20)13-24-16-8-7-14(18(21)23-4)11-17(16)22-3/h5-8,11,15,20H,1-2,9-10,12-13H2,3-4H3/t15-/m1/s1. The number of carbonyl (C=O) groups is 1. The summed E-state index contributed by atoms with van der Waals surface area (Å²) in [6.07, 6.45) is 2.85. The largest absolute Gasteiger partial charge is 0.493 e. The van der Waals surface area contributed by atoms with Gasteiger partial charge >= 0.3 is 5.97 Å². The van der Waals surface area contributed by atoms with Gasteiger partial charge in [0.15, 0.2) is 11.5 Å². The zero-order valence-corrected chi connectivity index (χ0v) is 14.2. The normalized spacial score (nSPS) is 11.7. The van der Waals surface area contributed by atoms with Gasteiger partial charge in [0, 0.05) is 19.6 Å². The van der Waals surface area contributed by atoms with Crippen LogP contribution in [-0.2, 0) is 4.74 Å². The van der Waals surface area contributed by atoms with E-state index >= 15 is 0 Å². The average molecular weight is 335 g/mol. The second-order valence-electron chi connectivity index (χ2n) is 5.12. The maximum Gasteiger partial charge on any atom is 0.337 e. The van der Waals surface area contributed by atoms with E-state index in [1.54, 1.807) is 24.3 Å². The molecule has 0 aliphatic carbocycles. The molecule has 1 aromatic rings. The molecule has 1 N–H and O–H groups in total. The maximum absolute atomic E-state index is 11.5. The van der Waals surface area contributed by atoms with Gasteiger partial charge in [-0.25, -0.2) is 4.79 Å². The third-order valence-electron chi connectivity index (χ3n) is 3.26. The molecule has 0 spiro atoms. The number of hydrogen-bond donors (Lipinski definition) is 1. The highest BCUT2D eigenvalue weighted by Gasteiger charge is 2.14. The van der Waals surface area contributed by atoms with Crippen LogP contribution in [0.4, 0.5) is 0 Å². The summed E-state index contributed by atoms with van der Waals surface area (Å²) in [5.41, 5.74) is 0.366. The molecule has 6 heteroatoms. The SMILES string of the molecule is C=CCN(CC=C)C[C@@H](O)COc1ccc(C(=O)OC)cc1OC. The van der Waals surface area contributed by atoms with Gasteiger partial charge in [-0.15, -0.1) is 13.2 Å². The molecule has 1 atom stereocenters. The van der Waals surface area contributed by atoms with E-state index in [-0.39, 0.29) is 6.61 Å². The minimum absolute atomic E-state index is 0.0959. The number of benzene rings is 1. The lowest BCUT2D eigenvalue weighted by Crippen LogP contribution is -2.35. The molecule has 1 aromatic carbocycles. The number of rotatable bonds is 11. The molecule has 0 fully saturated rings. The molecule has 132 valence electrons. The Kier molecular flexibility index (Phi) is 8.60. The minimum atomic E-state index is -0.685. The second-order valence-corrected chi connectivity index (χ2v) is 5.12. The van der Waals surface area contributed by atoms with Crippen LogP contribution in [0, 0.1) is 0 Å². The Bertz CT molecular complexity index is 548. The van der Waals surface area contributed by atoms with Crippen molar-refractivity contribution in [1.29, 1.82) is 0 Å². The molecule has 0 unspecified atom stereocenters. The summed E-state index contributed by atoms with van der Waals surface area (Å²) < 4.78 is 15.5. The van der Waals surface area contributed by atoms with Gasteiger partial charge in [-0.3, -0.25) is 4.90 Å². The van der Waals surface area contributed by atoms with Gasteiger partial charge in [-0.1, -0.05) is 12.2 Å². The molecule has 0 saturated heterocycles. The van der Waals surface area contributed by atoms with Crippen molar-refractivity contribution < 1.29 is 24.1 Å². The Balaban J connectivity index is 2.67. The maximum atomic E-state index is 11.5. The number of nitrogens with zero attached hydrogens (tertiary/aromatic N) is 1. The summed E-state index contributed by atoms with van der Waals surface area (Å²) in [5, 5.41) is 10.1. The van der Waals surface area contributed by atoms with Crippen molar-refractivity contribution in [2.45, 2.75) is 6.10 Å². The van der Waals surface area contributed by atoms with E-state index in [4.69, 9.17) is 9.47 Å². The molecule has 0 heterocycles. The molecule has 0 aliphatic heterocycles. The summed E-state index contributed by atoms with van der Waals surface area (Å²) in [4.78, 5) is 13.5. The lowest BCUT2D eigenvalue weighted by Gasteiger charge is -2.22. The van der Waals surface area contributed by atoms with E-state index in [1.807, 2.05) is 4.90 Å². The first-order valence-corrected chi connectivity index (χ1v) is 7.57. The number of aliphatic hydroxyl groups excluding tert-OH is 1. The summed E-state index contributed by atoms with van der Waals surface area (Å²) in [6, 6.07) is 4.73. The molecule has 0 amide bonds. The van der Waals surface area contributed by atoms with Crippen LogP contribution in [0.3, 0.4) is 0 Å². The van der Waals surface area contributed by atoms with E-state index in [2.05, 4.69) is 17.9 Å². The van der Waals surface area contributed by atoms with Crippen LogP contribution in [-0.4, -0.2) is 62.5 Å². The third-order valence-corrected chi connectivity index (χ3v) is 3.26. The molecule has 0 radical (unpaired) electrons. The molecule has 0 aliphatic rings. The van der Waals surface area contributed by atoms with Gasteiger partial charge < -0.3 is 19.3 Å². The van der Waals surface area contributed by atoms with E-state index in [0.29, 0.717) is 36.7 Å². The summed E-state index contributed by atoms with van der Waals surface area (Å²) in [7, 11) is 2.80. The van der Waals surface area contributed by atoms with Crippen LogP contribution in [0.5, 0.6) is 11.5 Å². The van der Waals surface area contributed by atoms with E-state index in [1.165, 1.54) is 20.3 Å². The highest BCUT2D eigenvalue weighted by Crippen LogP contribution is 2.28. The van der Waals surface area contributed by atoms with Crippen molar-refractivity contribution >= 4 is 5.97 Å². The first kappa shape index (κ1) is 19.7. The molecule has 0 aromatic heterocycles. The van der Waals surface area contributed by atoms with Gasteiger partial charge in [0.05, 0.1) is 19.8 Å². The lowest BCUT2D eigenvalue weighted by molar-refractivity contribution is 0.0599. The monoisotopic (exact) mass is 335 g/mol. The minimum Gasteiger partial charge on any atom is -0.493 e. The van der Waals surface area contributed by atoms with Crippen molar-refractivity contribution in [2.75, 3.05) is 40.5 Å². The molecule has 24 heavy (non-hydrogen) atoms.